The molecule has 0 aliphatic rings. The quantitative estimate of drug-likeness (QED) is 0.757. The van der Waals surface area contributed by atoms with E-state index in [1.807, 2.05) is 12.5 Å². The van der Waals surface area contributed by atoms with Gasteiger partial charge in [0, 0.05) is 5.92 Å². The van der Waals surface area contributed by atoms with Gasteiger partial charge in [-0.05, 0) is 18.9 Å². The van der Waals surface area contributed by atoms with Gasteiger partial charge in [-0.1, -0.05) is 37.3 Å². The van der Waals surface area contributed by atoms with Gasteiger partial charge in [0.05, 0.1) is 0 Å². The van der Waals surface area contributed by atoms with Crippen molar-refractivity contribution < 1.29 is 4.57 Å². The number of nitrogens with one attached hydrogen (secondary N) is 1. The van der Waals surface area contributed by atoms with Gasteiger partial charge in [0.15, 0.2) is 0 Å². The Bertz CT molecular complexity index is 406. The van der Waals surface area contributed by atoms with Crippen molar-refractivity contribution >= 4 is 0 Å². The lowest BCUT2D eigenvalue weighted by atomic mass is 9.95. The van der Waals surface area contributed by atoms with Crippen LogP contribution in [0.5, 0.6) is 0 Å². The van der Waals surface area contributed by atoms with E-state index in [1.165, 1.54) is 5.56 Å². The Labute approximate surface area is 97.0 Å². The van der Waals surface area contributed by atoms with E-state index in [2.05, 4.69) is 59.9 Å². The van der Waals surface area contributed by atoms with Gasteiger partial charge >= 0.3 is 0 Å². The molecular weight excluding hydrogens is 196 g/mol. The second-order valence-corrected chi connectivity index (χ2v) is 4.47. The summed E-state index contributed by atoms with van der Waals surface area (Å²) in [5.41, 5.74) is 1.41. The largest absolute Gasteiger partial charge is 0.250 e. The van der Waals surface area contributed by atoms with E-state index in [-0.39, 0.29) is 0 Å². The minimum absolute atomic E-state index is 0.520. The van der Waals surface area contributed by atoms with E-state index in [9.17, 15) is 0 Å². The molecule has 2 atom stereocenters. The van der Waals surface area contributed by atoms with Gasteiger partial charge < -0.3 is 0 Å². The molecule has 1 aromatic heterocycles. The lowest BCUT2D eigenvalue weighted by Gasteiger charge is -2.16. The van der Waals surface area contributed by atoms with Crippen molar-refractivity contribution in [1.82, 2.24) is 4.98 Å². The van der Waals surface area contributed by atoms with Crippen LogP contribution in [0.3, 0.4) is 0 Å². The molecule has 2 rings (SSSR count). The lowest BCUT2D eigenvalue weighted by Crippen LogP contribution is -2.39. The van der Waals surface area contributed by atoms with Crippen LogP contribution in [0, 0.1) is 5.92 Å². The maximum absolute atomic E-state index is 3.09. The third kappa shape index (κ3) is 2.51. The van der Waals surface area contributed by atoms with Gasteiger partial charge in [0.25, 0.3) is 0 Å². The van der Waals surface area contributed by atoms with Crippen LogP contribution in [0.1, 0.15) is 25.5 Å². The van der Waals surface area contributed by atoms with Crippen LogP contribution < -0.4 is 4.57 Å². The SMILES string of the molecule is CC(Cc1ccccc1)C(C)[n+]1cc[nH]c1. The molecule has 1 heterocycles. The topological polar surface area (TPSA) is 19.7 Å². The molecular formula is C14H19N2+. The summed E-state index contributed by atoms with van der Waals surface area (Å²) in [5.74, 6) is 0.628. The van der Waals surface area contributed by atoms with Crippen LogP contribution in [0.15, 0.2) is 49.1 Å². The average Bonchev–Trinajstić information content (AvgIpc) is 2.83. The van der Waals surface area contributed by atoms with E-state index in [1.54, 1.807) is 0 Å². The molecule has 0 amide bonds. The molecule has 1 aromatic carbocycles. The fraction of sp³-hybridized carbons (Fsp3) is 0.357. The molecule has 0 aliphatic carbocycles. The molecule has 0 fully saturated rings. The average molecular weight is 215 g/mol. The van der Waals surface area contributed by atoms with Crippen molar-refractivity contribution in [3.05, 3.63) is 54.6 Å². The molecule has 0 saturated carbocycles. The van der Waals surface area contributed by atoms with Crippen molar-refractivity contribution in [1.29, 1.82) is 0 Å². The zero-order valence-corrected chi connectivity index (χ0v) is 9.93. The highest BCUT2D eigenvalue weighted by molar-refractivity contribution is 5.15. The van der Waals surface area contributed by atoms with Crippen LogP contribution in [0.2, 0.25) is 0 Å². The van der Waals surface area contributed by atoms with Gasteiger partial charge in [-0.15, -0.1) is 0 Å². The summed E-state index contributed by atoms with van der Waals surface area (Å²) in [7, 11) is 0. The first-order valence-electron chi connectivity index (χ1n) is 5.85. The minimum Gasteiger partial charge on any atom is -0.250 e. The van der Waals surface area contributed by atoms with Crippen molar-refractivity contribution in [2.75, 3.05) is 0 Å². The highest BCUT2D eigenvalue weighted by Gasteiger charge is 2.17. The number of aromatic nitrogens is 2. The molecule has 16 heavy (non-hydrogen) atoms. The first kappa shape index (κ1) is 10.9. The standard InChI is InChI=1S/C14H18N2/c1-12(10-14-6-4-3-5-7-14)13(2)16-9-8-15-11-16/h3-9,11-13H,10H2,1-2H3/p+1. The second kappa shape index (κ2) is 4.97. The van der Waals surface area contributed by atoms with Gasteiger partial charge in [0.2, 0.25) is 6.33 Å². The Morgan fingerprint density at radius 3 is 2.56 bits per heavy atom. The molecule has 1 N–H and O–H groups in total. The first-order valence-corrected chi connectivity index (χ1v) is 5.85. The number of aromatic amines is 1. The minimum atomic E-state index is 0.520. The molecule has 2 unspecified atom stereocenters. The summed E-state index contributed by atoms with van der Waals surface area (Å²) >= 11 is 0. The lowest BCUT2D eigenvalue weighted by molar-refractivity contribution is -0.725. The maximum atomic E-state index is 3.09. The molecule has 2 heteroatoms. The third-order valence-electron chi connectivity index (χ3n) is 3.26. The Balaban J connectivity index is 2.01. The number of benzene rings is 1. The first-order chi connectivity index (χ1) is 7.77. The Hall–Kier alpha value is -1.57. The highest BCUT2D eigenvalue weighted by Crippen LogP contribution is 2.16. The number of H-pyrrole nitrogens is 1. The normalized spacial score (nSPS) is 14.6. The predicted molar refractivity (Wildman–Crippen MR) is 65.0 cm³/mol. The molecule has 0 aliphatic heterocycles. The fourth-order valence-electron chi connectivity index (χ4n) is 2.00. The van der Waals surface area contributed by atoms with Crippen molar-refractivity contribution in [2.45, 2.75) is 26.3 Å². The molecule has 84 valence electrons. The summed E-state index contributed by atoms with van der Waals surface area (Å²) in [6, 6.07) is 11.2. The molecule has 2 aromatic rings. The molecule has 0 spiro atoms. The summed E-state index contributed by atoms with van der Waals surface area (Å²) in [5, 5.41) is 0. The smallest absolute Gasteiger partial charge is 0.241 e. The highest BCUT2D eigenvalue weighted by atomic mass is 15.0. The molecule has 2 nitrogen and oxygen atoms in total. The Kier molecular flexibility index (Phi) is 3.40. The van der Waals surface area contributed by atoms with Gasteiger partial charge in [-0.3, -0.25) is 4.98 Å². The Morgan fingerprint density at radius 1 is 1.19 bits per heavy atom. The van der Waals surface area contributed by atoms with Crippen LogP contribution >= 0.6 is 0 Å². The maximum Gasteiger partial charge on any atom is 0.241 e. The van der Waals surface area contributed by atoms with E-state index in [0.717, 1.165) is 6.42 Å². The van der Waals surface area contributed by atoms with Crippen molar-refractivity contribution in [3.63, 3.8) is 0 Å². The third-order valence-corrected chi connectivity index (χ3v) is 3.26. The van der Waals surface area contributed by atoms with Gasteiger partial charge in [-0.2, -0.15) is 0 Å². The van der Waals surface area contributed by atoms with Crippen LogP contribution in [0.25, 0.3) is 0 Å². The number of hydrogen-bond donors (Lipinski definition) is 1. The summed E-state index contributed by atoms with van der Waals surface area (Å²) < 4.78 is 2.23. The van der Waals surface area contributed by atoms with Gasteiger partial charge in [-0.25, -0.2) is 4.57 Å². The molecule has 0 bridgehead atoms. The van der Waals surface area contributed by atoms with E-state index >= 15 is 0 Å². The van der Waals surface area contributed by atoms with E-state index < -0.39 is 0 Å². The zero-order chi connectivity index (χ0) is 11.4. The summed E-state index contributed by atoms with van der Waals surface area (Å²) in [6.07, 6.45) is 7.20. The fourth-order valence-corrected chi connectivity index (χ4v) is 2.00. The Morgan fingerprint density at radius 2 is 1.94 bits per heavy atom. The number of hydrogen-bond acceptors (Lipinski definition) is 0. The number of nitrogens with zero attached hydrogens (tertiary/aromatic N) is 1. The zero-order valence-electron chi connectivity index (χ0n) is 9.93. The van der Waals surface area contributed by atoms with Gasteiger partial charge in [0.1, 0.15) is 18.4 Å². The van der Waals surface area contributed by atoms with Crippen LogP contribution in [-0.2, 0) is 6.42 Å². The predicted octanol–water partition coefficient (Wildman–Crippen LogP) is 2.74. The number of rotatable bonds is 4. The number of imidazole rings is 1. The van der Waals surface area contributed by atoms with Crippen LogP contribution in [0.4, 0.5) is 0 Å². The molecule has 0 radical (unpaired) electrons. The molecule has 0 saturated heterocycles. The van der Waals surface area contributed by atoms with E-state index in [4.69, 9.17) is 0 Å². The van der Waals surface area contributed by atoms with E-state index in [0.29, 0.717) is 12.0 Å². The second-order valence-electron chi connectivity index (χ2n) is 4.47. The summed E-state index contributed by atoms with van der Waals surface area (Å²) in [4.78, 5) is 3.09. The summed E-state index contributed by atoms with van der Waals surface area (Å²) in [6.45, 7) is 4.57. The van der Waals surface area contributed by atoms with Crippen molar-refractivity contribution in [2.24, 2.45) is 5.92 Å². The monoisotopic (exact) mass is 215 g/mol. The van der Waals surface area contributed by atoms with Crippen LogP contribution in [-0.4, -0.2) is 4.98 Å². The van der Waals surface area contributed by atoms with Crippen molar-refractivity contribution in [3.8, 4) is 0 Å².